The first-order chi connectivity index (χ1) is 16.9. The van der Waals surface area contributed by atoms with Gasteiger partial charge in [0.2, 0.25) is 0 Å². The summed E-state index contributed by atoms with van der Waals surface area (Å²) in [7, 11) is 0. The Morgan fingerprint density at radius 3 is 2.91 bits per heavy atom. The highest BCUT2D eigenvalue weighted by molar-refractivity contribution is 7.15. The van der Waals surface area contributed by atoms with Gasteiger partial charge >= 0.3 is 0 Å². The maximum atomic E-state index is 13.9. The van der Waals surface area contributed by atoms with Crippen LogP contribution >= 0.6 is 34.3 Å². The van der Waals surface area contributed by atoms with Gasteiger partial charge < -0.3 is 10.2 Å². The lowest BCUT2D eigenvalue weighted by Crippen LogP contribution is -2.50. The minimum atomic E-state index is -0.160. The first kappa shape index (κ1) is 22.7. The van der Waals surface area contributed by atoms with Crippen molar-refractivity contribution in [1.82, 2.24) is 24.6 Å². The van der Waals surface area contributed by atoms with Crippen LogP contribution in [0.1, 0.15) is 50.9 Å². The Morgan fingerprint density at radius 1 is 1.23 bits per heavy atom. The lowest BCUT2D eigenvalue weighted by molar-refractivity contribution is 0.0577. The Morgan fingerprint density at radius 2 is 2.09 bits per heavy atom. The van der Waals surface area contributed by atoms with Crippen molar-refractivity contribution < 1.29 is 9.59 Å². The van der Waals surface area contributed by atoms with Crippen LogP contribution in [0.25, 0.3) is 15.4 Å². The number of rotatable bonds is 5. The Labute approximate surface area is 215 Å². The number of aromatic nitrogens is 3. The summed E-state index contributed by atoms with van der Waals surface area (Å²) in [5.74, 6) is 0.163. The number of likely N-dealkylation sites (tertiary alicyclic amines) is 1. The van der Waals surface area contributed by atoms with E-state index < -0.39 is 0 Å². The molecule has 2 fully saturated rings. The average Bonchev–Trinajstić information content (AvgIpc) is 3.63. The van der Waals surface area contributed by atoms with Gasteiger partial charge in [-0.05, 0) is 56.7 Å². The number of hydrogen-bond acceptors (Lipinski definition) is 6. The molecule has 4 heterocycles. The van der Waals surface area contributed by atoms with Crippen LogP contribution in [0.15, 0.2) is 35.8 Å². The average molecular weight is 526 g/mol. The minimum absolute atomic E-state index is 0.0504. The molecule has 1 N–H and O–H groups in total. The molecule has 4 aromatic rings. The maximum Gasteiger partial charge on any atom is 0.274 e. The molecule has 3 atom stereocenters. The molecule has 1 aliphatic carbocycles. The van der Waals surface area contributed by atoms with Gasteiger partial charge in [0.1, 0.15) is 11.4 Å². The number of halogens is 1. The lowest BCUT2D eigenvalue weighted by Gasteiger charge is -2.35. The quantitative estimate of drug-likeness (QED) is 0.388. The van der Waals surface area contributed by atoms with Crippen LogP contribution in [0, 0.1) is 19.8 Å². The largest absolute Gasteiger partial charge is 0.349 e. The fourth-order valence-electron chi connectivity index (χ4n) is 5.64. The van der Waals surface area contributed by atoms with Gasteiger partial charge in [0.05, 0.1) is 21.6 Å². The number of nitrogens with zero attached hydrogens (tertiary/aromatic N) is 4. The normalized spacial score (nSPS) is 21.2. The molecule has 0 spiro atoms. The SMILES string of the molecule is Cc1nc(C(=O)N2[C@@H]3CC[C@@H](C3)[C@H]2CNC(=O)c2c(C)nc3sccn23)c(-c2cccc(Cl)c2)s1. The summed E-state index contributed by atoms with van der Waals surface area (Å²) in [4.78, 5) is 39.8. The molecule has 2 aliphatic rings. The number of benzene rings is 1. The number of amides is 2. The second kappa shape index (κ2) is 8.72. The molecule has 6 rings (SSSR count). The number of carbonyl (C=O) groups excluding carboxylic acids is 2. The molecule has 1 aliphatic heterocycles. The third-order valence-corrected chi connectivity index (χ3v) is 9.13. The van der Waals surface area contributed by atoms with E-state index in [1.807, 2.05) is 59.0 Å². The van der Waals surface area contributed by atoms with Crippen molar-refractivity contribution in [1.29, 1.82) is 0 Å². The summed E-state index contributed by atoms with van der Waals surface area (Å²) in [6, 6.07) is 7.68. The Hall–Kier alpha value is -2.75. The summed E-state index contributed by atoms with van der Waals surface area (Å²) in [5, 5.41) is 6.49. The molecular formula is C25H24ClN5O2S2. The van der Waals surface area contributed by atoms with Crippen LogP contribution in [0.5, 0.6) is 0 Å². The van der Waals surface area contributed by atoms with E-state index in [4.69, 9.17) is 11.6 Å². The number of hydrogen-bond donors (Lipinski definition) is 1. The van der Waals surface area contributed by atoms with Crippen molar-refractivity contribution in [2.75, 3.05) is 6.54 Å². The summed E-state index contributed by atoms with van der Waals surface area (Å²) in [6.45, 7) is 4.19. The van der Waals surface area contributed by atoms with Crippen LogP contribution in [0.4, 0.5) is 0 Å². The predicted octanol–water partition coefficient (Wildman–Crippen LogP) is 5.21. The number of piperidine rings is 1. The van der Waals surface area contributed by atoms with Crippen molar-refractivity contribution in [3.05, 3.63) is 63.0 Å². The van der Waals surface area contributed by atoms with Gasteiger partial charge in [-0.25, -0.2) is 9.97 Å². The zero-order valence-electron chi connectivity index (χ0n) is 19.3. The Balaban J connectivity index is 1.26. The highest BCUT2D eigenvalue weighted by atomic mass is 35.5. The third-order valence-electron chi connectivity index (χ3n) is 7.12. The van der Waals surface area contributed by atoms with Crippen molar-refractivity contribution >= 4 is 51.0 Å². The van der Waals surface area contributed by atoms with Crippen LogP contribution in [-0.4, -0.2) is 49.7 Å². The van der Waals surface area contributed by atoms with Gasteiger partial charge in [-0.1, -0.05) is 23.7 Å². The van der Waals surface area contributed by atoms with Crippen molar-refractivity contribution in [3.63, 3.8) is 0 Å². The summed E-state index contributed by atoms with van der Waals surface area (Å²) < 4.78 is 1.83. The second-order valence-corrected chi connectivity index (χ2v) is 11.8. The van der Waals surface area contributed by atoms with E-state index in [1.54, 1.807) is 0 Å². The van der Waals surface area contributed by atoms with E-state index in [2.05, 4.69) is 15.3 Å². The topological polar surface area (TPSA) is 79.6 Å². The highest BCUT2D eigenvalue weighted by Crippen LogP contribution is 2.44. The van der Waals surface area contributed by atoms with Crippen LogP contribution < -0.4 is 5.32 Å². The molecule has 180 valence electrons. The second-order valence-electron chi connectivity index (χ2n) is 9.24. The van der Waals surface area contributed by atoms with Crippen LogP contribution in [0.2, 0.25) is 5.02 Å². The van der Waals surface area contributed by atoms with Gasteiger partial charge in [0, 0.05) is 29.2 Å². The Bertz CT molecular complexity index is 1460. The zero-order chi connectivity index (χ0) is 24.3. The zero-order valence-corrected chi connectivity index (χ0v) is 21.7. The fraction of sp³-hybridized carbons (Fsp3) is 0.360. The van der Waals surface area contributed by atoms with E-state index in [-0.39, 0.29) is 23.9 Å². The van der Waals surface area contributed by atoms with Crippen molar-refractivity contribution in [3.8, 4) is 10.4 Å². The van der Waals surface area contributed by atoms with Gasteiger partial charge in [-0.3, -0.25) is 14.0 Å². The molecule has 1 saturated heterocycles. The number of carbonyl (C=O) groups is 2. The molecule has 3 aromatic heterocycles. The Kier molecular flexibility index (Phi) is 5.66. The number of aryl methyl sites for hydroxylation is 2. The fourth-order valence-corrected chi connectivity index (χ4v) is 7.50. The first-order valence-electron chi connectivity index (χ1n) is 11.7. The highest BCUT2D eigenvalue weighted by Gasteiger charge is 2.49. The van der Waals surface area contributed by atoms with E-state index in [1.165, 1.54) is 22.7 Å². The molecule has 1 aromatic carbocycles. The summed E-state index contributed by atoms with van der Waals surface area (Å²) >= 11 is 9.24. The number of thiazole rings is 2. The summed E-state index contributed by atoms with van der Waals surface area (Å²) in [6.07, 6.45) is 4.91. The molecule has 10 heteroatoms. The van der Waals surface area contributed by atoms with Gasteiger partial charge in [0.15, 0.2) is 4.96 Å². The maximum absolute atomic E-state index is 13.9. The number of fused-ring (bicyclic) bond motifs is 3. The molecule has 2 bridgehead atoms. The van der Waals surface area contributed by atoms with Gasteiger partial charge in [0.25, 0.3) is 11.8 Å². The predicted molar refractivity (Wildman–Crippen MR) is 139 cm³/mol. The standard InChI is InChI=1S/C25H24ClN5O2S2/c1-13-21(30-8-9-34-25(30)28-13)23(32)27-12-19-15-6-7-18(11-15)31(19)24(33)20-22(35-14(2)29-20)16-4-3-5-17(26)10-16/h3-5,8-10,15,18-19H,6-7,11-12H2,1-2H3,(H,27,32)/t15-,18+,19+/m0/s1. The first-order valence-corrected chi connectivity index (χ1v) is 13.7. The molecule has 0 radical (unpaired) electrons. The molecule has 7 nitrogen and oxygen atoms in total. The van der Waals surface area contributed by atoms with Crippen molar-refractivity contribution in [2.45, 2.75) is 45.2 Å². The van der Waals surface area contributed by atoms with E-state index in [9.17, 15) is 9.59 Å². The summed E-state index contributed by atoms with van der Waals surface area (Å²) in [5.41, 5.74) is 2.64. The molecule has 0 unspecified atom stereocenters. The van der Waals surface area contributed by atoms with E-state index in [0.29, 0.717) is 34.6 Å². The molecule has 35 heavy (non-hydrogen) atoms. The number of imidazole rings is 1. The minimum Gasteiger partial charge on any atom is -0.349 e. The monoisotopic (exact) mass is 525 g/mol. The number of nitrogens with one attached hydrogen (secondary N) is 1. The smallest absolute Gasteiger partial charge is 0.274 e. The van der Waals surface area contributed by atoms with Crippen molar-refractivity contribution in [2.24, 2.45) is 5.92 Å². The van der Waals surface area contributed by atoms with Crippen LogP contribution in [0.3, 0.4) is 0 Å². The lowest BCUT2D eigenvalue weighted by atomic mass is 9.98. The van der Waals surface area contributed by atoms with Gasteiger partial charge in [-0.2, -0.15) is 0 Å². The van der Waals surface area contributed by atoms with E-state index in [0.717, 1.165) is 39.7 Å². The molecule has 2 amide bonds. The third kappa shape index (κ3) is 3.86. The van der Waals surface area contributed by atoms with E-state index >= 15 is 0 Å². The van der Waals surface area contributed by atoms with Crippen LogP contribution in [-0.2, 0) is 0 Å². The molecular weight excluding hydrogens is 502 g/mol. The molecule has 1 saturated carbocycles. The van der Waals surface area contributed by atoms with Gasteiger partial charge in [-0.15, -0.1) is 22.7 Å².